The number of amides is 1. The summed E-state index contributed by atoms with van der Waals surface area (Å²) in [5, 5.41) is 11.3. The van der Waals surface area contributed by atoms with E-state index < -0.39 is 40.9 Å². The molecule has 11 heteroatoms. The van der Waals surface area contributed by atoms with Crippen molar-refractivity contribution >= 4 is 39.2 Å². The standard InChI is InChI=1S/C14H12BrF3N2O5/c1-3-5-19(13(22)14(16,17)18)11-9(15)6-8(12(21)25-4-2)7-10(11)20(23)24/h3,6-7H,1,4-5H2,2H3. The molecule has 0 aliphatic heterocycles. The van der Waals surface area contributed by atoms with Crippen molar-refractivity contribution in [2.24, 2.45) is 0 Å². The summed E-state index contributed by atoms with van der Waals surface area (Å²) in [4.78, 5) is 33.8. The molecule has 0 N–H and O–H groups in total. The minimum Gasteiger partial charge on any atom is -0.462 e. The summed E-state index contributed by atoms with van der Waals surface area (Å²) in [7, 11) is 0. The number of ether oxygens (including phenoxy) is 1. The minimum atomic E-state index is -5.25. The van der Waals surface area contributed by atoms with Crippen molar-refractivity contribution in [3.63, 3.8) is 0 Å². The Bertz CT molecular complexity index is 721. The third kappa shape index (κ3) is 4.78. The number of carbonyl (C=O) groups is 2. The van der Waals surface area contributed by atoms with Crippen LogP contribution in [-0.4, -0.2) is 36.1 Å². The van der Waals surface area contributed by atoms with Crippen molar-refractivity contribution in [3.8, 4) is 0 Å². The molecule has 0 heterocycles. The molecular weight excluding hydrogens is 413 g/mol. The average Bonchev–Trinajstić information content (AvgIpc) is 2.50. The highest BCUT2D eigenvalue weighted by molar-refractivity contribution is 9.10. The van der Waals surface area contributed by atoms with E-state index in [0.717, 1.165) is 18.2 Å². The second kappa shape index (κ2) is 8.10. The molecule has 0 unspecified atom stereocenters. The highest BCUT2D eigenvalue weighted by Gasteiger charge is 2.45. The fourth-order valence-corrected chi connectivity index (χ4v) is 2.54. The first kappa shape index (κ1) is 20.6. The van der Waals surface area contributed by atoms with Gasteiger partial charge in [0.1, 0.15) is 5.69 Å². The molecule has 0 aliphatic carbocycles. The van der Waals surface area contributed by atoms with Crippen LogP contribution in [0.3, 0.4) is 0 Å². The molecule has 0 aliphatic rings. The molecule has 0 saturated heterocycles. The molecule has 0 radical (unpaired) electrons. The average molecular weight is 425 g/mol. The van der Waals surface area contributed by atoms with Gasteiger partial charge in [0.05, 0.1) is 17.1 Å². The molecule has 1 aromatic rings. The van der Waals surface area contributed by atoms with E-state index in [9.17, 15) is 32.9 Å². The zero-order chi connectivity index (χ0) is 19.4. The number of carbonyl (C=O) groups excluding carboxylic acids is 2. The largest absolute Gasteiger partial charge is 0.471 e. The van der Waals surface area contributed by atoms with Gasteiger partial charge in [-0.3, -0.25) is 19.8 Å². The van der Waals surface area contributed by atoms with Crippen molar-refractivity contribution in [1.29, 1.82) is 0 Å². The molecule has 7 nitrogen and oxygen atoms in total. The molecule has 0 saturated carbocycles. The van der Waals surface area contributed by atoms with Crippen molar-refractivity contribution in [2.45, 2.75) is 13.1 Å². The SMILES string of the molecule is C=CCN(C(=O)C(F)(F)F)c1c(Br)cc(C(=O)OCC)cc1[N+](=O)[O-]. The first-order valence-corrected chi connectivity index (χ1v) is 7.48. The number of hydrogen-bond acceptors (Lipinski definition) is 5. The van der Waals surface area contributed by atoms with Crippen LogP contribution in [0.5, 0.6) is 0 Å². The third-order valence-corrected chi connectivity index (χ3v) is 3.42. The summed E-state index contributed by atoms with van der Waals surface area (Å²) < 4.78 is 42.8. The fraction of sp³-hybridized carbons (Fsp3) is 0.286. The Morgan fingerprint density at radius 3 is 2.48 bits per heavy atom. The summed E-state index contributed by atoms with van der Waals surface area (Å²) >= 11 is 2.88. The van der Waals surface area contributed by atoms with Crippen LogP contribution in [-0.2, 0) is 9.53 Å². The van der Waals surface area contributed by atoms with E-state index >= 15 is 0 Å². The predicted molar refractivity (Wildman–Crippen MR) is 85.4 cm³/mol. The maximum absolute atomic E-state index is 12.8. The Balaban J connectivity index is 3.60. The van der Waals surface area contributed by atoms with Crippen molar-refractivity contribution in [3.05, 3.63) is 44.9 Å². The Kier molecular flexibility index (Phi) is 6.68. The number of rotatable bonds is 6. The quantitative estimate of drug-likeness (QED) is 0.301. The van der Waals surface area contributed by atoms with Crippen LogP contribution >= 0.6 is 15.9 Å². The van der Waals surface area contributed by atoms with E-state index in [1.54, 1.807) is 0 Å². The van der Waals surface area contributed by atoms with E-state index in [-0.39, 0.29) is 21.5 Å². The lowest BCUT2D eigenvalue weighted by molar-refractivity contribution is -0.384. The molecule has 1 amide bonds. The molecule has 25 heavy (non-hydrogen) atoms. The monoisotopic (exact) mass is 424 g/mol. The van der Waals surface area contributed by atoms with Crippen LogP contribution in [0.2, 0.25) is 0 Å². The van der Waals surface area contributed by atoms with Gasteiger partial charge in [0, 0.05) is 17.1 Å². The number of nitro benzene ring substituents is 1. The van der Waals surface area contributed by atoms with Crippen molar-refractivity contribution in [2.75, 3.05) is 18.1 Å². The summed E-state index contributed by atoms with van der Waals surface area (Å²) in [5.74, 6) is -3.20. The van der Waals surface area contributed by atoms with Gasteiger partial charge >= 0.3 is 18.1 Å². The van der Waals surface area contributed by atoms with Gasteiger partial charge in [-0.25, -0.2) is 4.79 Å². The second-order valence-corrected chi connectivity index (χ2v) is 5.36. The predicted octanol–water partition coefficient (Wildman–Crippen LogP) is 3.62. The highest BCUT2D eigenvalue weighted by Crippen LogP contribution is 2.39. The minimum absolute atomic E-state index is 0.00114. The smallest absolute Gasteiger partial charge is 0.462 e. The molecule has 0 atom stereocenters. The maximum atomic E-state index is 12.8. The van der Waals surface area contributed by atoms with Crippen LogP contribution in [0.25, 0.3) is 0 Å². The lowest BCUT2D eigenvalue weighted by Crippen LogP contribution is -2.41. The number of nitro groups is 1. The first-order valence-electron chi connectivity index (χ1n) is 6.69. The number of benzene rings is 1. The molecule has 0 fully saturated rings. The van der Waals surface area contributed by atoms with Gasteiger partial charge in [0.2, 0.25) is 0 Å². The van der Waals surface area contributed by atoms with Crippen LogP contribution in [0.1, 0.15) is 17.3 Å². The van der Waals surface area contributed by atoms with Gasteiger partial charge in [0.15, 0.2) is 0 Å². The second-order valence-electron chi connectivity index (χ2n) is 4.51. The summed E-state index contributed by atoms with van der Waals surface area (Å²) in [6, 6.07) is 1.79. The summed E-state index contributed by atoms with van der Waals surface area (Å²) in [5.41, 5.74) is -1.75. The van der Waals surface area contributed by atoms with Crippen molar-refractivity contribution in [1.82, 2.24) is 0 Å². The van der Waals surface area contributed by atoms with E-state index in [2.05, 4.69) is 22.5 Å². The maximum Gasteiger partial charge on any atom is 0.471 e. The highest BCUT2D eigenvalue weighted by atomic mass is 79.9. The van der Waals surface area contributed by atoms with Gasteiger partial charge in [-0.15, -0.1) is 6.58 Å². The van der Waals surface area contributed by atoms with Gasteiger partial charge in [-0.2, -0.15) is 13.2 Å². The molecule has 0 spiro atoms. The van der Waals surface area contributed by atoms with Crippen LogP contribution in [0.15, 0.2) is 29.3 Å². The molecule has 0 bridgehead atoms. The lowest BCUT2D eigenvalue weighted by Gasteiger charge is -2.23. The number of halogens is 4. The number of anilines is 1. The summed E-state index contributed by atoms with van der Waals surface area (Å²) in [6.07, 6.45) is -4.27. The molecule has 0 aromatic heterocycles. The van der Waals surface area contributed by atoms with Crippen LogP contribution in [0, 0.1) is 10.1 Å². The zero-order valence-electron chi connectivity index (χ0n) is 12.8. The van der Waals surface area contributed by atoms with Gasteiger partial charge in [-0.05, 0) is 28.9 Å². The Morgan fingerprint density at radius 1 is 1.44 bits per heavy atom. The van der Waals surface area contributed by atoms with Crippen LogP contribution in [0.4, 0.5) is 24.5 Å². The fourth-order valence-electron chi connectivity index (χ4n) is 1.88. The molecular formula is C14H12BrF3N2O5. The van der Waals surface area contributed by atoms with Crippen molar-refractivity contribution < 1.29 is 32.4 Å². The van der Waals surface area contributed by atoms with Gasteiger partial charge in [0.25, 0.3) is 5.69 Å². The Labute approximate surface area is 148 Å². The number of esters is 1. The molecule has 1 aromatic carbocycles. The van der Waals surface area contributed by atoms with Gasteiger partial charge < -0.3 is 4.74 Å². The van der Waals surface area contributed by atoms with E-state index in [0.29, 0.717) is 0 Å². The number of alkyl halides is 3. The third-order valence-electron chi connectivity index (χ3n) is 2.82. The van der Waals surface area contributed by atoms with E-state index in [4.69, 9.17) is 4.74 Å². The molecule has 136 valence electrons. The van der Waals surface area contributed by atoms with E-state index in [1.165, 1.54) is 6.92 Å². The Hall–Kier alpha value is -2.43. The van der Waals surface area contributed by atoms with Crippen LogP contribution < -0.4 is 4.90 Å². The Morgan fingerprint density at radius 2 is 2.04 bits per heavy atom. The topological polar surface area (TPSA) is 89.8 Å². The normalized spacial score (nSPS) is 10.9. The number of nitrogens with zero attached hydrogens (tertiary/aromatic N) is 2. The lowest BCUT2D eigenvalue weighted by atomic mass is 10.1. The van der Waals surface area contributed by atoms with Gasteiger partial charge in [-0.1, -0.05) is 6.08 Å². The molecule has 1 rings (SSSR count). The first-order chi connectivity index (χ1) is 11.5. The zero-order valence-corrected chi connectivity index (χ0v) is 14.4. The van der Waals surface area contributed by atoms with E-state index in [1.807, 2.05) is 0 Å². The summed E-state index contributed by atoms with van der Waals surface area (Å²) in [6.45, 7) is 4.13. The number of hydrogen-bond donors (Lipinski definition) is 0.